The number of benzene rings is 1. The average molecular weight is 294 g/mol. The van der Waals surface area contributed by atoms with Gasteiger partial charge in [0.05, 0.1) is 11.0 Å². The van der Waals surface area contributed by atoms with Gasteiger partial charge in [0.2, 0.25) is 5.91 Å². The second-order valence-corrected chi connectivity index (χ2v) is 5.25. The van der Waals surface area contributed by atoms with Gasteiger partial charge >= 0.3 is 5.69 Å². The van der Waals surface area contributed by atoms with E-state index in [1.807, 2.05) is 0 Å². The minimum absolute atomic E-state index is 0.0815. The number of amides is 1. The third-order valence-corrected chi connectivity index (χ3v) is 3.79. The highest BCUT2D eigenvalue weighted by Gasteiger charge is 2.25. The van der Waals surface area contributed by atoms with Gasteiger partial charge in [0.1, 0.15) is 0 Å². The van der Waals surface area contributed by atoms with Crippen LogP contribution in [0.3, 0.4) is 0 Å². The van der Waals surface area contributed by atoms with Crippen LogP contribution in [0.4, 0.5) is 5.69 Å². The molecule has 0 aromatic heterocycles. The predicted molar refractivity (Wildman–Crippen MR) is 75.1 cm³/mol. The quantitative estimate of drug-likeness (QED) is 0.632. The van der Waals surface area contributed by atoms with Crippen LogP contribution in [0.5, 0.6) is 5.75 Å². The van der Waals surface area contributed by atoms with Crippen LogP contribution < -0.4 is 10.5 Å². The van der Waals surface area contributed by atoms with Gasteiger partial charge in [0.25, 0.3) is 0 Å². The summed E-state index contributed by atoms with van der Waals surface area (Å²) in [4.78, 5) is 21.6. The van der Waals surface area contributed by atoms with Crippen molar-refractivity contribution in [3.05, 3.63) is 33.9 Å². The Balaban J connectivity index is 2.13. The summed E-state index contributed by atoms with van der Waals surface area (Å²) in [5.74, 6) is -0.275. The van der Waals surface area contributed by atoms with Gasteiger partial charge in [-0.25, -0.2) is 0 Å². The summed E-state index contributed by atoms with van der Waals surface area (Å²) >= 11 is 0. The van der Waals surface area contributed by atoms with Crippen molar-refractivity contribution in [3.8, 4) is 5.75 Å². The molecule has 0 atom stereocenters. The number of rotatable bonds is 5. The van der Waals surface area contributed by atoms with Crippen LogP contribution in [0.25, 0.3) is 0 Å². The molecule has 1 amide bonds. The Kier molecular flexibility index (Phi) is 4.74. The fourth-order valence-electron chi connectivity index (χ4n) is 2.52. The normalized spacial score (nSPS) is 21.8. The number of hydrogen-bond donors (Lipinski definition) is 2. The second-order valence-electron chi connectivity index (χ2n) is 5.25. The minimum Gasteiger partial charge on any atom is -0.484 e. The first-order chi connectivity index (χ1) is 10.0. The van der Waals surface area contributed by atoms with Crippen molar-refractivity contribution in [2.24, 2.45) is 11.7 Å². The first kappa shape index (κ1) is 15.2. The number of carbonyl (C=O) groups is 1. The van der Waals surface area contributed by atoms with E-state index in [1.165, 1.54) is 12.1 Å². The molecular weight excluding hydrogens is 276 g/mol. The van der Waals surface area contributed by atoms with Crippen molar-refractivity contribution in [2.75, 3.05) is 6.61 Å². The molecule has 0 spiro atoms. The lowest BCUT2D eigenvalue weighted by molar-refractivity contribution is -0.386. The zero-order valence-electron chi connectivity index (χ0n) is 11.5. The number of hydrogen-bond acceptors (Lipinski definition) is 5. The molecule has 114 valence electrons. The summed E-state index contributed by atoms with van der Waals surface area (Å²) in [6.07, 6.45) is 3.08. The largest absolute Gasteiger partial charge is 0.484 e. The summed E-state index contributed by atoms with van der Waals surface area (Å²) < 4.78 is 5.70. The summed E-state index contributed by atoms with van der Waals surface area (Å²) in [6, 6.07) is 3.97. The van der Waals surface area contributed by atoms with E-state index in [1.54, 1.807) is 0 Å². The molecule has 1 aromatic rings. The molecule has 1 aliphatic rings. The standard InChI is InChI=1S/C14H18N2O5/c15-14(18)10-3-6-13(12(7-10)16(19)20)21-11-4-1-9(8-17)2-5-11/h3,6-7,9,11,17H,1-2,4-5,8H2,(H2,15,18). The van der Waals surface area contributed by atoms with Crippen LogP contribution >= 0.6 is 0 Å². The van der Waals surface area contributed by atoms with E-state index < -0.39 is 10.8 Å². The predicted octanol–water partition coefficient (Wildman–Crippen LogP) is 1.62. The van der Waals surface area contributed by atoms with Crippen molar-refractivity contribution >= 4 is 11.6 Å². The smallest absolute Gasteiger partial charge is 0.311 e. The lowest BCUT2D eigenvalue weighted by atomic mass is 9.88. The maximum Gasteiger partial charge on any atom is 0.311 e. The minimum atomic E-state index is -0.715. The highest BCUT2D eigenvalue weighted by molar-refractivity contribution is 5.93. The Morgan fingerprint density at radius 2 is 2.05 bits per heavy atom. The number of nitrogens with two attached hydrogens (primary N) is 1. The Morgan fingerprint density at radius 3 is 2.57 bits per heavy atom. The van der Waals surface area contributed by atoms with Gasteiger partial charge in [-0.05, 0) is 43.7 Å². The van der Waals surface area contributed by atoms with E-state index in [2.05, 4.69) is 0 Å². The number of nitro benzene ring substituents is 1. The molecule has 0 bridgehead atoms. The number of nitrogens with zero attached hydrogens (tertiary/aromatic N) is 1. The maximum absolute atomic E-state index is 11.1. The van der Waals surface area contributed by atoms with Crippen LogP contribution in [-0.2, 0) is 0 Å². The van der Waals surface area contributed by atoms with Crippen LogP contribution in [0.1, 0.15) is 36.0 Å². The van der Waals surface area contributed by atoms with Crippen LogP contribution in [-0.4, -0.2) is 28.6 Å². The Hall–Kier alpha value is -2.15. The first-order valence-corrected chi connectivity index (χ1v) is 6.87. The molecule has 1 aliphatic carbocycles. The van der Waals surface area contributed by atoms with Crippen molar-refractivity contribution in [2.45, 2.75) is 31.8 Å². The average Bonchev–Trinajstić information content (AvgIpc) is 2.48. The second kappa shape index (κ2) is 6.53. The zero-order chi connectivity index (χ0) is 15.4. The van der Waals surface area contributed by atoms with Crippen LogP contribution in [0.15, 0.2) is 18.2 Å². The number of aliphatic hydroxyl groups is 1. The SMILES string of the molecule is NC(=O)c1ccc(OC2CCC(CO)CC2)c([N+](=O)[O-])c1. The van der Waals surface area contributed by atoms with Crippen molar-refractivity contribution < 1.29 is 19.6 Å². The van der Waals surface area contributed by atoms with Crippen molar-refractivity contribution in [1.82, 2.24) is 0 Å². The lowest BCUT2D eigenvalue weighted by Gasteiger charge is -2.27. The van der Waals surface area contributed by atoms with Gasteiger partial charge < -0.3 is 15.6 Å². The Morgan fingerprint density at radius 1 is 1.38 bits per heavy atom. The molecule has 1 saturated carbocycles. The van der Waals surface area contributed by atoms with E-state index in [9.17, 15) is 14.9 Å². The Bertz CT molecular complexity index is 538. The third-order valence-electron chi connectivity index (χ3n) is 3.79. The number of nitro groups is 1. The number of carbonyl (C=O) groups excluding carboxylic acids is 1. The fourth-order valence-corrected chi connectivity index (χ4v) is 2.52. The molecule has 1 fully saturated rings. The molecule has 3 N–H and O–H groups in total. The van der Waals surface area contributed by atoms with Crippen molar-refractivity contribution in [3.63, 3.8) is 0 Å². The molecule has 7 heteroatoms. The molecule has 21 heavy (non-hydrogen) atoms. The van der Waals surface area contributed by atoms with E-state index in [4.69, 9.17) is 15.6 Å². The third kappa shape index (κ3) is 3.69. The van der Waals surface area contributed by atoms with Gasteiger partial charge in [-0.15, -0.1) is 0 Å². The van der Waals surface area contributed by atoms with Crippen molar-refractivity contribution in [1.29, 1.82) is 0 Å². The molecule has 1 aromatic carbocycles. The summed E-state index contributed by atoms with van der Waals surface area (Å²) in [7, 11) is 0. The van der Waals surface area contributed by atoms with Gasteiger partial charge in [-0.2, -0.15) is 0 Å². The maximum atomic E-state index is 11.1. The molecule has 0 unspecified atom stereocenters. The van der Waals surface area contributed by atoms with Crippen LogP contribution in [0, 0.1) is 16.0 Å². The summed E-state index contributed by atoms with van der Waals surface area (Å²) in [6.45, 7) is 0.167. The van der Waals surface area contributed by atoms with E-state index in [0.29, 0.717) is 0 Å². The first-order valence-electron chi connectivity index (χ1n) is 6.87. The Labute approximate surface area is 121 Å². The molecule has 2 rings (SSSR count). The fraction of sp³-hybridized carbons (Fsp3) is 0.500. The summed E-state index contributed by atoms with van der Waals surface area (Å²) in [5.41, 5.74) is 4.95. The molecule has 0 saturated heterocycles. The van der Waals surface area contributed by atoms with Gasteiger partial charge in [0, 0.05) is 18.2 Å². The van der Waals surface area contributed by atoms with Gasteiger partial charge in [-0.1, -0.05) is 0 Å². The van der Waals surface area contributed by atoms with E-state index in [0.717, 1.165) is 31.7 Å². The van der Waals surface area contributed by atoms with Gasteiger partial charge in [-0.3, -0.25) is 14.9 Å². The number of primary amides is 1. The molecular formula is C14H18N2O5. The molecule has 0 heterocycles. The molecule has 0 radical (unpaired) electrons. The lowest BCUT2D eigenvalue weighted by Crippen LogP contribution is -2.25. The monoisotopic (exact) mass is 294 g/mol. The zero-order valence-corrected chi connectivity index (χ0v) is 11.5. The topological polar surface area (TPSA) is 116 Å². The van der Waals surface area contributed by atoms with E-state index >= 15 is 0 Å². The van der Waals surface area contributed by atoms with Gasteiger partial charge in [0.15, 0.2) is 5.75 Å². The van der Waals surface area contributed by atoms with E-state index in [-0.39, 0.29) is 35.6 Å². The highest BCUT2D eigenvalue weighted by Crippen LogP contribution is 2.33. The van der Waals surface area contributed by atoms with Crippen LogP contribution in [0.2, 0.25) is 0 Å². The highest BCUT2D eigenvalue weighted by atomic mass is 16.6. The molecule has 0 aliphatic heterocycles. The number of ether oxygens (including phenoxy) is 1. The summed E-state index contributed by atoms with van der Waals surface area (Å²) in [5, 5.41) is 20.2. The molecule has 7 nitrogen and oxygen atoms in total. The number of aliphatic hydroxyl groups excluding tert-OH is 1.